The first-order valence-electron chi connectivity index (χ1n) is 12.4. The molecule has 4 rings (SSSR count). The average molecular weight is 609 g/mol. The molecule has 0 radical (unpaired) electrons. The average Bonchev–Trinajstić information content (AvgIpc) is 2.98. The van der Waals surface area contributed by atoms with Crippen molar-refractivity contribution in [3.63, 3.8) is 0 Å². The van der Waals surface area contributed by atoms with Crippen LogP contribution >= 0.6 is 0 Å². The van der Waals surface area contributed by atoms with Crippen molar-refractivity contribution in [1.29, 1.82) is 0 Å². The number of aliphatic imine (C=N–C) groups is 1. The van der Waals surface area contributed by atoms with Gasteiger partial charge in [0.15, 0.2) is 0 Å². The molecule has 0 spiro atoms. The van der Waals surface area contributed by atoms with Gasteiger partial charge in [0, 0.05) is 11.6 Å². The number of aliphatic carboxylic acids is 3. The number of carboxylic acid groups (broad SMARTS) is 3. The molecule has 0 saturated carbocycles. The number of aromatic nitrogens is 6. The fraction of sp³-hybridized carbons (Fsp3) is 0.167. The Morgan fingerprint density at radius 2 is 1.11 bits per heavy atom. The number of hydrogen-bond acceptors (Lipinski definition) is 17. The number of anilines is 7. The van der Waals surface area contributed by atoms with Crippen molar-refractivity contribution in [1.82, 2.24) is 29.9 Å². The van der Waals surface area contributed by atoms with Crippen molar-refractivity contribution in [2.45, 2.75) is 0 Å². The van der Waals surface area contributed by atoms with E-state index < -0.39 is 37.5 Å². The zero-order valence-corrected chi connectivity index (χ0v) is 22.4. The van der Waals surface area contributed by atoms with Crippen molar-refractivity contribution in [3.05, 3.63) is 36.4 Å². The first-order valence-corrected chi connectivity index (χ1v) is 12.4. The van der Waals surface area contributed by atoms with Gasteiger partial charge in [0.2, 0.25) is 29.7 Å². The summed E-state index contributed by atoms with van der Waals surface area (Å²) in [5.41, 5.74) is 0.957. The van der Waals surface area contributed by atoms with Gasteiger partial charge in [-0.05, 0) is 17.5 Å². The zero-order valence-electron chi connectivity index (χ0n) is 22.4. The summed E-state index contributed by atoms with van der Waals surface area (Å²) in [5.74, 6) is -3.97. The standard InChI is InChI=1S/C24H24N12O8/c37-15(38)9-26-20-31-19(25-7-8-44-43)33-23(34-20)29-13-5-1-3-12-4-2-6-14(18(12)13)30-24-35-21(27-10-16(39)40)32-22(36-24)28-11-17(41)42/h1-7,43H,8-11H2,(H,37,38)(H,39,40)(H,41,42)(H2,26,29,31,33,34)(H3,27,28,30,32,35,36)/b25-7-. The molecule has 2 aromatic heterocycles. The Bertz CT molecular complexity index is 1660. The molecule has 228 valence electrons. The Morgan fingerprint density at radius 3 is 1.59 bits per heavy atom. The molecule has 44 heavy (non-hydrogen) atoms. The lowest BCUT2D eigenvalue weighted by atomic mass is 10.1. The molecular weight excluding hydrogens is 584 g/mol. The first kappa shape index (κ1) is 30.7. The van der Waals surface area contributed by atoms with Gasteiger partial charge in [-0.2, -0.15) is 29.9 Å². The maximum Gasteiger partial charge on any atom is 0.322 e. The van der Waals surface area contributed by atoms with Gasteiger partial charge in [-0.15, -0.1) is 0 Å². The first-order chi connectivity index (χ1) is 21.2. The largest absolute Gasteiger partial charge is 0.480 e. The zero-order chi connectivity index (χ0) is 31.5. The van der Waals surface area contributed by atoms with Gasteiger partial charge in [0.1, 0.15) is 26.2 Å². The Morgan fingerprint density at radius 1 is 0.682 bits per heavy atom. The van der Waals surface area contributed by atoms with E-state index >= 15 is 0 Å². The minimum atomic E-state index is -1.17. The van der Waals surface area contributed by atoms with Gasteiger partial charge in [0.25, 0.3) is 5.95 Å². The predicted molar refractivity (Wildman–Crippen MR) is 155 cm³/mol. The van der Waals surface area contributed by atoms with E-state index in [4.69, 9.17) is 20.6 Å². The summed E-state index contributed by atoms with van der Waals surface area (Å²) in [6, 6.07) is 10.6. The van der Waals surface area contributed by atoms with E-state index in [0.717, 1.165) is 5.39 Å². The summed E-state index contributed by atoms with van der Waals surface area (Å²) >= 11 is 0. The van der Waals surface area contributed by atoms with Crippen LogP contribution in [0.3, 0.4) is 0 Å². The highest BCUT2D eigenvalue weighted by Gasteiger charge is 2.14. The van der Waals surface area contributed by atoms with Gasteiger partial charge >= 0.3 is 17.9 Å². The van der Waals surface area contributed by atoms with Gasteiger partial charge in [-0.25, -0.2) is 9.88 Å². The minimum Gasteiger partial charge on any atom is -0.480 e. The SMILES string of the molecule is O=C(O)CNc1nc(/N=C\COO)nc(Nc2cccc3cccc(Nc4nc(NCC(=O)O)nc(NCC(=O)O)n4)c23)n1. The molecule has 0 fully saturated rings. The Hall–Kier alpha value is -6.28. The van der Waals surface area contributed by atoms with Crippen molar-refractivity contribution >= 4 is 82.0 Å². The van der Waals surface area contributed by atoms with Crippen LogP contribution in [0.1, 0.15) is 0 Å². The van der Waals surface area contributed by atoms with Gasteiger partial charge in [-0.1, -0.05) is 24.3 Å². The van der Waals surface area contributed by atoms with E-state index in [1.165, 1.54) is 6.21 Å². The van der Waals surface area contributed by atoms with Crippen LogP contribution in [0.4, 0.5) is 47.1 Å². The second-order valence-corrected chi connectivity index (χ2v) is 8.40. The molecule has 4 aromatic rings. The number of rotatable bonds is 16. The summed E-state index contributed by atoms with van der Waals surface area (Å²) in [5, 5.41) is 50.7. The Labute approximate surface area is 246 Å². The molecule has 0 saturated heterocycles. The molecule has 2 heterocycles. The summed E-state index contributed by atoms with van der Waals surface area (Å²) in [6.07, 6.45) is 1.19. The van der Waals surface area contributed by atoms with Crippen LogP contribution in [0.25, 0.3) is 10.8 Å². The van der Waals surface area contributed by atoms with E-state index in [9.17, 15) is 14.4 Å². The van der Waals surface area contributed by atoms with Crippen molar-refractivity contribution in [2.24, 2.45) is 4.99 Å². The molecule has 2 aromatic carbocycles. The molecule has 0 atom stereocenters. The number of benzene rings is 2. The molecule has 20 nitrogen and oxygen atoms in total. The number of carbonyl (C=O) groups is 3. The fourth-order valence-corrected chi connectivity index (χ4v) is 3.55. The third-order valence-corrected chi connectivity index (χ3v) is 5.21. The van der Waals surface area contributed by atoms with Gasteiger partial charge in [-0.3, -0.25) is 19.6 Å². The number of nitrogens with zero attached hydrogens (tertiary/aromatic N) is 7. The predicted octanol–water partition coefficient (Wildman–Crippen LogP) is 1.38. The van der Waals surface area contributed by atoms with Crippen LogP contribution in [0.2, 0.25) is 0 Å². The van der Waals surface area contributed by atoms with E-state index in [1.54, 1.807) is 24.3 Å². The third-order valence-electron chi connectivity index (χ3n) is 5.21. The maximum atomic E-state index is 11.0. The summed E-state index contributed by atoms with van der Waals surface area (Å²) in [7, 11) is 0. The number of carboxylic acids is 3. The summed E-state index contributed by atoms with van der Waals surface area (Å²) in [6.45, 7) is -1.73. The molecule has 9 N–H and O–H groups in total. The highest BCUT2D eigenvalue weighted by atomic mass is 17.1. The van der Waals surface area contributed by atoms with E-state index in [1.807, 2.05) is 12.1 Å². The summed E-state index contributed by atoms with van der Waals surface area (Å²) < 4.78 is 0. The Balaban J connectivity index is 1.71. The van der Waals surface area contributed by atoms with Crippen LogP contribution < -0.4 is 26.6 Å². The molecule has 20 heteroatoms. The quantitative estimate of drug-likeness (QED) is 0.0493. The summed E-state index contributed by atoms with van der Waals surface area (Å²) in [4.78, 5) is 65.9. The fourth-order valence-electron chi connectivity index (χ4n) is 3.55. The lowest BCUT2D eigenvalue weighted by Gasteiger charge is -2.15. The molecule has 0 aliphatic heterocycles. The highest BCUT2D eigenvalue weighted by molar-refractivity contribution is 6.04. The number of hydrogen-bond donors (Lipinski definition) is 9. The van der Waals surface area contributed by atoms with Crippen molar-refractivity contribution in [2.75, 3.05) is 52.8 Å². The molecular formula is C24H24N12O8. The smallest absolute Gasteiger partial charge is 0.322 e. The van der Waals surface area contributed by atoms with Crippen molar-refractivity contribution in [3.8, 4) is 0 Å². The van der Waals surface area contributed by atoms with Crippen LogP contribution in [-0.2, 0) is 19.3 Å². The number of fused-ring (bicyclic) bond motifs is 1. The maximum absolute atomic E-state index is 11.0. The number of nitrogens with one attached hydrogen (secondary N) is 5. The lowest BCUT2D eigenvalue weighted by Crippen LogP contribution is -2.18. The van der Waals surface area contributed by atoms with Gasteiger partial charge in [0.05, 0.1) is 11.4 Å². The third kappa shape index (κ3) is 8.86. The van der Waals surface area contributed by atoms with Crippen LogP contribution in [0.15, 0.2) is 41.4 Å². The molecule has 0 bridgehead atoms. The second kappa shape index (κ2) is 14.6. The molecule has 0 amide bonds. The normalized spacial score (nSPS) is 10.8. The monoisotopic (exact) mass is 608 g/mol. The van der Waals surface area contributed by atoms with Crippen LogP contribution in [-0.4, -0.2) is 101 Å². The molecule has 0 aliphatic rings. The van der Waals surface area contributed by atoms with Gasteiger partial charge < -0.3 is 41.9 Å². The van der Waals surface area contributed by atoms with Crippen LogP contribution in [0.5, 0.6) is 0 Å². The molecule has 0 unspecified atom stereocenters. The topological polar surface area (TPSA) is 291 Å². The highest BCUT2D eigenvalue weighted by Crippen LogP contribution is 2.33. The van der Waals surface area contributed by atoms with Crippen molar-refractivity contribution < 1.29 is 39.8 Å². The second-order valence-electron chi connectivity index (χ2n) is 8.40. The molecule has 0 aliphatic carbocycles. The lowest BCUT2D eigenvalue weighted by molar-refractivity contribution is -0.226. The van der Waals surface area contributed by atoms with Crippen LogP contribution in [0, 0.1) is 0 Å². The van der Waals surface area contributed by atoms with E-state index in [-0.39, 0.29) is 42.3 Å². The minimum absolute atomic E-state index is 0.00673. The van der Waals surface area contributed by atoms with E-state index in [0.29, 0.717) is 16.8 Å². The van der Waals surface area contributed by atoms with E-state index in [2.05, 4.69) is 66.4 Å². The Kier molecular flexibility index (Phi) is 10.2.